The molecule has 1 aromatic carbocycles. The number of ether oxygens (including phenoxy) is 2. The monoisotopic (exact) mass is 298 g/mol. The Morgan fingerprint density at radius 3 is 2.76 bits per heavy atom. The molecule has 1 aliphatic heterocycles. The van der Waals surface area contributed by atoms with Crippen molar-refractivity contribution in [3.8, 4) is 11.5 Å². The van der Waals surface area contributed by atoms with Gasteiger partial charge in [0.2, 0.25) is 6.79 Å². The third kappa shape index (κ3) is 2.52. The summed E-state index contributed by atoms with van der Waals surface area (Å²) in [7, 11) is 0. The third-order valence-electron chi connectivity index (χ3n) is 2.23. The van der Waals surface area contributed by atoms with E-state index in [0.717, 1.165) is 0 Å². The smallest absolute Gasteiger partial charge is 0.253 e. The van der Waals surface area contributed by atoms with E-state index in [1.54, 1.807) is 12.1 Å². The first-order valence-electron chi connectivity index (χ1n) is 4.88. The molecule has 0 saturated carbocycles. The SMILES string of the molecule is C=C(Br)CNC(=O)c1cc2c(cc1N)OCO2. The first-order chi connectivity index (χ1) is 8.08. The van der Waals surface area contributed by atoms with Crippen molar-refractivity contribution in [2.75, 3.05) is 19.1 Å². The van der Waals surface area contributed by atoms with Gasteiger partial charge in [-0.05, 0) is 6.07 Å². The van der Waals surface area contributed by atoms with Crippen LogP contribution in [0.4, 0.5) is 5.69 Å². The van der Waals surface area contributed by atoms with E-state index in [1.165, 1.54) is 0 Å². The van der Waals surface area contributed by atoms with E-state index in [2.05, 4.69) is 27.8 Å². The van der Waals surface area contributed by atoms with Crippen LogP contribution < -0.4 is 20.5 Å². The summed E-state index contributed by atoms with van der Waals surface area (Å²) in [4.78, 5) is 11.8. The molecular formula is C11H11BrN2O3. The Morgan fingerprint density at radius 1 is 1.47 bits per heavy atom. The molecule has 90 valence electrons. The van der Waals surface area contributed by atoms with Crippen molar-refractivity contribution in [3.63, 3.8) is 0 Å². The number of anilines is 1. The molecule has 1 heterocycles. The standard InChI is InChI=1S/C11H11BrN2O3/c1-6(12)4-14-11(15)7-2-9-10(3-8(7)13)17-5-16-9/h2-3H,1,4-5,13H2,(H,14,15). The van der Waals surface area contributed by atoms with Gasteiger partial charge in [-0.2, -0.15) is 0 Å². The average molecular weight is 299 g/mol. The molecule has 2 rings (SSSR count). The number of amides is 1. The molecular weight excluding hydrogens is 288 g/mol. The van der Waals surface area contributed by atoms with Crippen molar-refractivity contribution in [1.82, 2.24) is 5.32 Å². The normalized spacial score (nSPS) is 12.3. The Labute approximate surface area is 107 Å². The van der Waals surface area contributed by atoms with Gasteiger partial charge in [0.25, 0.3) is 5.91 Å². The van der Waals surface area contributed by atoms with Crippen LogP contribution in [-0.4, -0.2) is 19.2 Å². The molecule has 3 N–H and O–H groups in total. The summed E-state index contributed by atoms with van der Waals surface area (Å²) in [5, 5.41) is 2.67. The number of hydrogen-bond donors (Lipinski definition) is 2. The van der Waals surface area contributed by atoms with Crippen molar-refractivity contribution < 1.29 is 14.3 Å². The van der Waals surface area contributed by atoms with Crippen molar-refractivity contribution in [1.29, 1.82) is 0 Å². The lowest BCUT2D eigenvalue weighted by atomic mass is 10.1. The second-order valence-electron chi connectivity index (χ2n) is 3.49. The average Bonchev–Trinajstić information content (AvgIpc) is 2.71. The largest absolute Gasteiger partial charge is 0.454 e. The van der Waals surface area contributed by atoms with Gasteiger partial charge in [-0.25, -0.2) is 0 Å². The Hall–Kier alpha value is -1.69. The van der Waals surface area contributed by atoms with Gasteiger partial charge in [-0.3, -0.25) is 4.79 Å². The van der Waals surface area contributed by atoms with E-state index in [1.807, 2.05) is 0 Å². The lowest BCUT2D eigenvalue weighted by Gasteiger charge is -2.08. The molecule has 0 fully saturated rings. The molecule has 5 nitrogen and oxygen atoms in total. The Morgan fingerprint density at radius 2 is 2.12 bits per heavy atom. The maximum atomic E-state index is 11.8. The number of hydrogen-bond acceptors (Lipinski definition) is 4. The topological polar surface area (TPSA) is 73.6 Å². The first-order valence-corrected chi connectivity index (χ1v) is 5.68. The van der Waals surface area contributed by atoms with E-state index in [9.17, 15) is 4.79 Å². The zero-order chi connectivity index (χ0) is 12.4. The maximum absolute atomic E-state index is 11.8. The lowest BCUT2D eigenvalue weighted by molar-refractivity contribution is 0.0958. The molecule has 0 bridgehead atoms. The predicted octanol–water partition coefficient (Wildman–Crippen LogP) is 1.64. The highest BCUT2D eigenvalue weighted by atomic mass is 79.9. The van der Waals surface area contributed by atoms with Crippen LogP contribution in [0, 0.1) is 0 Å². The van der Waals surface area contributed by atoms with Crippen LogP contribution in [0.5, 0.6) is 11.5 Å². The number of nitrogen functional groups attached to an aromatic ring is 1. The molecule has 17 heavy (non-hydrogen) atoms. The van der Waals surface area contributed by atoms with Crippen molar-refractivity contribution in [2.45, 2.75) is 0 Å². The van der Waals surface area contributed by atoms with E-state index in [0.29, 0.717) is 33.8 Å². The second-order valence-corrected chi connectivity index (χ2v) is 4.61. The van der Waals surface area contributed by atoms with Gasteiger partial charge in [0.1, 0.15) is 0 Å². The van der Waals surface area contributed by atoms with Crippen LogP contribution in [0.3, 0.4) is 0 Å². The second kappa shape index (κ2) is 4.67. The molecule has 6 heteroatoms. The molecule has 1 aromatic rings. The minimum absolute atomic E-state index is 0.151. The van der Waals surface area contributed by atoms with E-state index < -0.39 is 0 Å². The van der Waals surface area contributed by atoms with Crippen LogP contribution in [-0.2, 0) is 0 Å². The highest BCUT2D eigenvalue weighted by molar-refractivity contribution is 9.11. The number of nitrogens with one attached hydrogen (secondary N) is 1. The van der Waals surface area contributed by atoms with Crippen molar-refractivity contribution in [3.05, 3.63) is 28.8 Å². The van der Waals surface area contributed by atoms with Crippen LogP contribution in [0.1, 0.15) is 10.4 Å². The van der Waals surface area contributed by atoms with Gasteiger partial charge in [0.05, 0.1) is 5.56 Å². The summed E-state index contributed by atoms with van der Waals surface area (Å²) in [6.45, 7) is 4.12. The van der Waals surface area contributed by atoms with Crippen LogP contribution in [0.2, 0.25) is 0 Å². The van der Waals surface area contributed by atoms with Gasteiger partial charge in [-0.1, -0.05) is 22.5 Å². The summed E-state index contributed by atoms with van der Waals surface area (Å²) in [6.07, 6.45) is 0. The summed E-state index contributed by atoms with van der Waals surface area (Å²) in [6, 6.07) is 3.16. The zero-order valence-electron chi connectivity index (χ0n) is 8.96. The van der Waals surface area contributed by atoms with Gasteiger partial charge in [-0.15, -0.1) is 0 Å². The number of carbonyl (C=O) groups excluding carboxylic acids is 1. The molecule has 0 spiro atoms. The molecule has 0 aromatic heterocycles. The Bertz CT molecular complexity index is 488. The third-order valence-corrected chi connectivity index (χ3v) is 2.51. The zero-order valence-corrected chi connectivity index (χ0v) is 10.5. The molecule has 0 saturated heterocycles. The number of halogens is 1. The number of benzene rings is 1. The number of nitrogens with two attached hydrogens (primary N) is 1. The Kier molecular flexibility index (Phi) is 3.23. The van der Waals surface area contributed by atoms with Crippen LogP contribution in [0.15, 0.2) is 23.2 Å². The van der Waals surface area contributed by atoms with Gasteiger partial charge in [0.15, 0.2) is 11.5 Å². The fourth-order valence-corrected chi connectivity index (χ4v) is 1.57. The van der Waals surface area contributed by atoms with Crippen LogP contribution >= 0.6 is 15.9 Å². The Balaban J connectivity index is 2.20. The lowest BCUT2D eigenvalue weighted by Crippen LogP contribution is -2.25. The van der Waals surface area contributed by atoms with E-state index >= 15 is 0 Å². The summed E-state index contributed by atoms with van der Waals surface area (Å²) in [5.74, 6) is 0.812. The highest BCUT2D eigenvalue weighted by Gasteiger charge is 2.19. The number of carbonyl (C=O) groups is 1. The predicted molar refractivity (Wildman–Crippen MR) is 67.4 cm³/mol. The summed E-state index contributed by atoms with van der Waals surface area (Å²) < 4.78 is 11.0. The minimum Gasteiger partial charge on any atom is -0.454 e. The first kappa shape index (κ1) is 11.8. The van der Waals surface area contributed by atoms with Gasteiger partial charge >= 0.3 is 0 Å². The quantitative estimate of drug-likeness (QED) is 0.832. The van der Waals surface area contributed by atoms with Crippen molar-refractivity contribution in [2.24, 2.45) is 0 Å². The van der Waals surface area contributed by atoms with E-state index in [4.69, 9.17) is 15.2 Å². The minimum atomic E-state index is -0.276. The molecule has 0 unspecified atom stereocenters. The molecule has 0 aliphatic carbocycles. The fraction of sp³-hybridized carbons (Fsp3) is 0.182. The van der Waals surface area contributed by atoms with Crippen LogP contribution in [0.25, 0.3) is 0 Å². The molecule has 1 aliphatic rings. The highest BCUT2D eigenvalue weighted by Crippen LogP contribution is 2.35. The molecule has 0 atom stereocenters. The molecule has 0 radical (unpaired) electrons. The number of fused-ring (bicyclic) bond motifs is 1. The summed E-state index contributed by atoms with van der Waals surface area (Å²) in [5.41, 5.74) is 6.49. The summed E-state index contributed by atoms with van der Waals surface area (Å²) >= 11 is 3.16. The fourth-order valence-electron chi connectivity index (χ4n) is 1.43. The maximum Gasteiger partial charge on any atom is 0.253 e. The van der Waals surface area contributed by atoms with Gasteiger partial charge < -0.3 is 20.5 Å². The number of rotatable bonds is 3. The molecule has 1 amide bonds. The van der Waals surface area contributed by atoms with Crippen molar-refractivity contribution >= 4 is 27.5 Å². The van der Waals surface area contributed by atoms with Gasteiger partial charge in [0, 0.05) is 22.8 Å². The van der Waals surface area contributed by atoms with E-state index in [-0.39, 0.29) is 12.7 Å².